The molecule has 2 aliphatic rings. The minimum Gasteiger partial charge on any atom is -0.328 e. The second kappa shape index (κ2) is 5.19. The molecular weight excluding hydrogens is 283 g/mol. The minimum atomic E-state index is -4.54. The Labute approximate surface area is 110 Å². The van der Waals surface area contributed by atoms with Gasteiger partial charge in [-0.1, -0.05) is 0 Å². The number of nitrogens with two attached hydrogens (primary N) is 1. The predicted molar refractivity (Wildman–Crippen MR) is 63.4 cm³/mol. The van der Waals surface area contributed by atoms with Crippen molar-refractivity contribution in [3.63, 3.8) is 0 Å². The summed E-state index contributed by atoms with van der Waals surface area (Å²) in [6.45, 7) is -0.961. The number of nitrogens with one attached hydrogen (secondary N) is 1. The van der Waals surface area contributed by atoms with Crippen LogP contribution >= 0.6 is 0 Å². The molecule has 9 heteroatoms. The zero-order chi connectivity index (χ0) is 14.3. The van der Waals surface area contributed by atoms with Gasteiger partial charge in [0, 0.05) is 19.1 Å². The summed E-state index contributed by atoms with van der Waals surface area (Å²) in [6, 6.07) is 0.0760. The Hall–Kier alpha value is -0.380. The molecule has 1 aliphatic heterocycles. The van der Waals surface area contributed by atoms with Crippen molar-refractivity contribution in [1.82, 2.24) is 9.03 Å². The zero-order valence-corrected chi connectivity index (χ0v) is 11.2. The summed E-state index contributed by atoms with van der Waals surface area (Å²) < 4.78 is 62.5. The lowest BCUT2D eigenvalue weighted by molar-refractivity contribution is -0.121. The van der Waals surface area contributed by atoms with Gasteiger partial charge in [0.15, 0.2) is 0 Å². The Balaban J connectivity index is 1.96. The maximum atomic E-state index is 12.1. The van der Waals surface area contributed by atoms with Crippen LogP contribution in [0, 0.1) is 11.8 Å². The maximum absolute atomic E-state index is 12.1. The second-order valence-electron chi connectivity index (χ2n) is 5.35. The van der Waals surface area contributed by atoms with Crippen LogP contribution in [0.5, 0.6) is 0 Å². The molecule has 0 aromatic carbocycles. The average molecular weight is 301 g/mol. The highest BCUT2D eigenvalue weighted by Crippen LogP contribution is 2.36. The van der Waals surface area contributed by atoms with Gasteiger partial charge in [-0.2, -0.15) is 30.6 Å². The average Bonchev–Trinajstić information content (AvgIpc) is 2.69. The number of rotatable bonds is 3. The summed E-state index contributed by atoms with van der Waals surface area (Å²) in [5.41, 5.74) is 5.83. The van der Waals surface area contributed by atoms with Crippen LogP contribution < -0.4 is 10.5 Å². The van der Waals surface area contributed by atoms with Gasteiger partial charge in [0.05, 0.1) is 0 Å². The van der Waals surface area contributed by atoms with E-state index in [0.29, 0.717) is 6.54 Å². The second-order valence-corrected chi connectivity index (χ2v) is 7.11. The molecule has 2 rings (SSSR count). The first kappa shape index (κ1) is 15.0. The lowest BCUT2D eigenvalue weighted by Crippen LogP contribution is -2.43. The third kappa shape index (κ3) is 3.80. The van der Waals surface area contributed by atoms with Gasteiger partial charge in [0.1, 0.15) is 6.54 Å². The molecule has 112 valence electrons. The van der Waals surface area contributed by atoms with Crippen molar-refractivity contribution in [3.8, 4) is 0 Å². The van der Waals surface area contributed by atoms with Crippen LogP contribution in [0.4, 0.5) is 13.2 Å². The third-order valence-electron chi connectivity index (χ3n) is 3.85. The van der Waals surface area contributed by atoms with Gasteiger partial charge in [0.2, 0.25) is 0 Å². The summed E-state index contributed by atoms with van der Waals surface area (Å²) >= 11 is 0. The van der Waals surface area contributed by atoms with Gasteiger partial charge in [-0.05, 0) is 31.1 Å². The number of hydrogen-bond donors (Lipinski definition) is 2. The topological polar surface area (TPSA) is 75.4 Å². The molecular formula is C10H18F3N3O2S. The molecule has 1 heterocycles. The Kier molecular flexibility index (Phi) is 4.10. The van der Waals surface area contributed by atoms with Crippen LogP contribution in [-0.4, -0.2) is 44.6 Å². The van der Waals surface area contributed by atoms with Crippen molar-refractivity contribution in [3.05, 3.63) is 0 Å². The molecule has 3 atom stereocenters. The first-order chi connectivity index (χ1) is 8.67. The van der Waals surface area contributed by atoms with Gasteiger partial charge < -0.3 is 5.73 Å². The fraction of sp³-hybridized carbons (Fsp3) is 1.00. The fourth-order valence-corrected chi connectivity index (χ4v) is 4.19. The number of hydrogen-bond acceptors (Lipinski definition) is 3. The number of fused-ring (bicyclic) bond motifs is 1. The number of nitrogens with zero attached hydrogens (tertiary/aromatic N) is 1. The largest absolute Gasteiger partial charge is 0.402 e. The number of alkyl halides is 3. The van der Waals surface area contributed by atoms with E-state index in [9.17, 15) is 21.6 Å². The Morgan fingerprint density at radius 3 is 2.47 bits per heavy atom. The molecule has 0 amide bonds. The van der Waals surface area contributed by atoms with Crippen LogP contribution in [-0.2, 0) is 10.2 Å². The Morgan fingerprint density at radius 2 is 1.84 bits per heavy atom. The molecule has 1 aliphatic carbocycles. The summed E-state index contributed by atoms with van der Waals surface area (Å²) in [6.07, 6.45) is -2.10. The SMILES string of the molecule is NC1CC[C@@H]2CN(S(=O)(=O)NCC(F)(F)F)C[C@@H]2C1. The molecule has 2 fully saturated rings. The van der Waals surface area contributed by atoms with Crippen molar-refractivity contribution in [2.45, 2.75) is 31.5 Å². The van der Waals surface area contributed by atoms with E-state index in [4.69, 9.17) is 5.73 Å². The van der Waals surface area contributed by atoms with Gasteiger partial charge in [0.25, 0.3) is 10.2 Å². The molecule has 3 N–H and O–H groups in total. The van der Waals surface area contributed by atoms with E-state index in [1.54, 1.807) is 4.72 Å². The van der Waals surface area contributed by atoms with Crippen LogP contribution in [0.25, 0.3) is 0 Å². The highest BCUT2D eigenvalue weighted by molar-refractivity contribution is 7.87. The van der Waals surface area contributed by atoms with Crippen LogP contribution in [0.15, 0.2) is 0 Å². The van der Waals surface area contributed by atoms with Gasteiger partial charge in [-0.25, -0.2) is 0 Å². The highest BCUT2D eigenvalue weighted by Gasteiger charge is 2.42. The monoisotopic (exact) mass is 301 g/mol. The van der Waals surface area contributed by atoms with Crippen molar-refractivity contribution in [2.24, 2.45) is 17.6 Å². The summed E-state index contributed by atoms with van der Waals surface area (Å²) in [7, 11) is -4.05. The van der Waals surface area contributed by atoms with Gasteiger partial charge >= 0.3 is 6.18 Å². The summed E-state index contributed by atoms with van der Waals surface area (Å²) in [4.78, 5) is 0. The van der Waals surface area contributed by atoms with E-state index in [2.05, 4.69) is 0 Å². The molecule has 1 saturated carbocycles. The van der Waals surface area contributed by atoms with Crippen molar-refractivity contribution in [2.75, 3.05) is 19.6 Å². The minimum absolute atomic E-state index is 0.0760. The van der Waals surface area contributed by atoms with Crippen LogP contribution in [0.3, 0.4) is 0 Å². The Bertz CT molecular complexity index is 426. The van der Waals surface area contributed by atoms with E-state index in [1.807, 2.05) is 0 Å². The van der Waals surface area contributed by atoms with Crippen LogP contribution in [0.1, 0.15) is 19.3 Å². The lowest BCUT2D eigenvalue weighted by atomic mass is 9.79. The van der Waals surface area contributed by atoms with E-state index in [0.717, 1.165) is 23.6 Å². The van der Waals surface area contributed by atoms with E-state index in [-0.39, 0.29) is 24.4 Å². The van der Waals surface area contributed by atoms with E-state index < -0.39 is 22.9 Å². The lowest BCUT2D eigenvalue weighted by Gasteiger charge is -2.28. The Morgan fingerprint density at radius 1 is 1.21 bits per heavy atom. The standard InChI is InChI=1S/C10H18F3N3O2S/c11-10(12,13)6-15-19(17,18)16-4-7-1-2-9(14)3-8(7)5-16/h7-9,15H,1-6,14H2/t7-,8+,9?/m1/s1. The summed E-state index contributed by atoms with van der Waals surface area (Å²) in [5.74, 6) is 0.397. The molecule has 0 spiro atoms. The third-order valence-corrected chi connectivity index (χ3v) is 5.34. The predicted octanol–water partition coefficient (Wildman–Crippen LogP) is 0.442. The van der Waals surface area contributed by atoms with Gasteiger partial charge in [-0.3, -0.25) is 0 Å². The highest BCUT2D eigenvalue weighted by atomic mass is 32.2. The van der Waals surface area contributed by atoms with Gasteiger partial charge in [-0.15, -0.1) is 0 Å². The molecule has 0 radical (unpaired) electrons. The quantitative estimate of drug-likeness (QED) is 0.794. The molecule has 19 heavy (non-hydrogen) atoms. The molecule has 0 aromatic heterocycles. The van der Waals surface area contributed by atoms with Crippen molar-refractivity contribution >= 4 is 10.2 Å². The molecule has 5 nitrogen and oxygen atoms in total. The molecule has 0 aromatic rings. The van der Waals surface area contributed by atoms with Crippen molar-refractivity contribution < 1.29 is 21.6 Å². The summed E-state index contributed by atoms with van der Waals surface area (Å²) in [5, 5.41) is 0. The normalized spacial score (nSPS) is 33.4. The molecule has 1 unspecified atom stereocenters. The first-order valence-electron chi connectivity index (χ1n) is 6.24. The smallest absolute Gasteiger partial charge is 0.328 e. The number of halogens is 3. The fourth-order valence-electron chi connectivity index (χ4n) is 2.89. The zero-order valence-electron chi connectivity index (χ0n) is 10.4. The van der Waals surface area contributed by atoms with Crippen LogP contribution in [0.2, 0.25) is 0 Å². The first-order valence-corrected chi connectivity index (χ1v) is 7.68. The van der Waals surface area contributed by atoms with E-state index >= 15 is 0 Å². The van der Waals surface area contributed by atoms with E-state index in [1.165, 1.54) is 0 Å². The molecule has 0 bridgehead atoms. The van der Waals surface area contributed by atoms with Crippen molar-refractivity contribution in [1.29, 1.82) is 0 Å². The molecule has 1 saturated heterocycles. The maximum Gasteiger partial charge on any atom is 0.402 e.